The van der Waals surface area contributed by atoms with Crippen molar-refractivity contribution in [3.63, 3.8) is 0 Å². The van der Waals surface area contributed by atoms with E-state index >= 15 is 0 Å². The molecule has 0 spiro atoms. The van der Waals surface area contributed by atoms with Crippen LogP contribution in [-0.4, -0.2) is 53.2 Å². The minimum absolute atomic E-state index is 0.00479. The van der Waals surface area contributed by atoms with E-state index in [-0.39, 0.29) is 32.3 Å². The van der Waals surface area contributed by atoms with Gasteiger partial charge in [0.1, 0.15) is 8.42 Å². The zero-order chi connectivity index (χ0) is 16.3. The van der Waals surface area contributed by atoms with Crippen LogP contribution < -0.4 is 10.5 Å². The highest BCUT2D eigenvalue weighted by Crippen LogP contribution is 2.42. The molecule has 124 valence electrons. The van der Waals surface area contributed by atoms with Gasteiger partial charge in [0.15, 0.2) is 9.84 Å². The minimum Gasteiger partial charge on any atom is -0.304 e. The largest absolute Gasteiger partial charge is 0.304 e. The van der Waals surface area contributed by atoms with E-state index in [1.807, 2.05) is 11.9 Å². The number of fused-ring (bicyclic) bond motifs is 3. The highest BCUT2D eigenvalue weighted by atomic mass is 32.3. The van der Waals surface area contributed by atoms with Gasteiger partial charge in [-0.3, -0.25) is 4.90 Å². The molecular weight excluding hydrogens is 346 g/mol. The van der Waals surface area contributed by atoms with E-state index < -0.39 is 19.9 Å². The van der Waals surface area contributed by atoms with Gasteiger partial charge in [-0.1, -0.05) is 6.92 Å². The molecule has 22 heavy (non-hydrogen) atoms. The zero-order valence-corrected chi connectivity index (χ0v) is 14.8. The first kappa shape index (κ1) is 16.3. The van der Waals surface area contributed by atoms with Crippen molar-refractivity contribution in [2.75, 3.05) is 19.3 Å². The Morgan fingerprint density at radius 2 is 2.18 bits per heavy atom. The molecule has 0 radical (unpaired) electrons. The van der Waals surface area contributed by atoms with Crippen molar-refractivity contribution in [3.8, 4) is 0 Å². The Morgan fingerprint density at radius 1 is 1.50 bits per heavy atom. The first-order chi connectivity index (χ1) is 10.1. The fourth-order valence-electron chi connectivity index (χ4n) is 3.19. The van der Waals surface area contributed by atoms with E-state index in [0.717, 1.165) is 24.3 Å². The lowest BCUT2D eigenvalue weighted by Gasteiger charge is -2.45. The van der Waals surface area contributed by atoms with Crippen molar-refractivity contribution in [2.24, 2.45) is 5.14 Å². The zero-order valence-electron chi connectivity index (χ0n) is 12.3. The number of primary sulfonamides is 1. The second-order valence-electron chi connectivity index (χ2n) is 5.89. The molecule has 3 rings (SSSR count). The van der Waals surface area contributed by atoms with Gasteiger partial charge in [0.2, 0.25) is 10.0 Å². The average molecular weight is 366 g/mol. The number of hydrogen-bond acceptors (Lipinski definition) is 7. The second kappa shape index (κ2) is 5.25. The third-order valence-electron chi connectivity index (χ3n) is 4.36. The lowest BCUT2D eigenvalue weighted by Crippen LogP contribution is -2.59. The van der Waals surface area contributed by atoms with E-state index in [1.54, 1.807) is 0 Å². The molecule has 3 atom stereocenters. The van der Waals surface area contributed by atoms with E-state index in [1.165, 1.54) is 6.07 Å². The highest BCUT2D eigenvalue weighted by molar-refractivity contribution is 7.95. The van der Waals surface area contributed by atoms with Crippen molar-refractivity contribution in [1.82, 2.24) is 10.2 Å². The summed E-state index contributed by atoms with van der Waals surface area (Å²) in [5, 5.41) is 8.62. The number of likely N-dealkylation sites (N-methyl/N-ethyl adjacent to an activating group) is 1. The van der Waals surface area contributed by atoms with Crippen molar-refractivity contribution < 1.29 is 16.8 Å². The normalized spacial score (nSPS) is 31.5. The third kappa shape index (κ3) is 2.61. The Kier molecular flexibility index (Phi) is 3.90. The highest BCUT2D eigenvalue weighted by Gasteiger charge is 2.45. The molecule has 2 aliphatic heterocycles. The van der Waals surface area contributed by atoms with Crippen molar-refractivity contribution in [2.45, 2.75) is 39.9 Å². The topological polar surface area (TPSA) is 110 Å². The summed E-state index contributed by atoms with van der Waals surface area (Å²) in [6.07, 6.45) is 0.918. The van der Waals surface area contributed by atoms with Gasteiger partial charge < -0.3 is 5.32 Å². The van der Waals surface area contributed by atoms with Gasteiger partial charge in [-0.2, -0.15) is 0 Å². The van der Waals surface area contributed by atoms with E-state index in [0.29, 0.717) is 5.56 Å². The van der Waals surface area contributed by atoms with Crippen LogP contribution in [0.15, 0.2) is 14.5 Å². The summed E-state index contributed by atoms with van der Waals surface area (Å²) in [4.78, 5) is 2.05. The fourth-order valence-corrected chi connectivity index (χ4v) is 7.60. The number of thiophene rings is 1. The molecule has 0 amide bonds. The van der Waals surface area contributed by atoms with Crippen LogP contribution in [0, 0.1) is 0 Å². The minimum atomic E-state index is -3.90. The van der Waals surface area contributed by atoms with E-state index in [9.17, 15) is 16.8 Å². The number of rotatable bonds is 2. The summed E-state index contributed by atoms with van der Waals surface area (Å²) in [6.45, 7) is 2.84. The molecule has 2 aliphatic rings. The van der Waals surface area contributed by atoms with Crippen molar-refractivity contribution >= 4 is 31.2 Å². The summed E-state index contributed by atoms with van der Waals surface area (Å²) in [5.74, 6) is -0.00479. The van der Waals surface area contributed by atoms with Crippen LogP contribution in [0.2, 0.25) is 0 Å². The third-order valence-corrected chi connectivity index (χ3v) is 9.32. The van der Waals surface area contributed by atoms with Crippen LogP contribution in [0.5, 0.6) is 0 Å². The average Bonchev–Trinajstić information content (AvgIpc) is 2.86. The molecule has 1 fully saturated rings. The molecule has 10 heteroatoms. The van der Waals surface area contributed by atoms with Gasteiger partial charge in [-0.05, 0) is 19.5 Å². The molecule has 2 unspecified atom stereocenters. The van der Waals surface area contributed by atoms with Crippen LogP contribution in [0.4, 0.5) is 0 Å². The molecule has 0 saturated carbocycles. The van der Waals surface area contributed by atoms with Gasteiger partial charge in [0, 0.05) is 24.2 Å². The van der Waals surface area contributed by atoms with Gasteiger partial charge in [-0.25, -0.2) is 22.0 Å². The predicted octanol–water partition coefficient (Wildman–Crippen LogP) is -0.0939. The standard InChI is InChI=1S/C12H19N3O4S3/c1-3-7-5-15(2)9-6-21(16,17)12-8(11(9)14-7)4-10(20-12)22(13,18)19/h4,7,9,11,14H,3,5-6H2,1-2H3,(H2,13,18,19)/t7?,9-,11?/m0/s1. The number of sulfonamides is 1. The molecule has 0 bridgehead atoms. The first-order valence-electron chi connectivity index (χ1n) is 6.99. The molecule has 1 saturated heterocycles. The maximum Gasteiger partial charge on any atom is 0.247 e. The maximum absolute atomic E-state index is 12.5. The van der Waals surface area contributed by atoms with Gasteiger partial charge in [-0.15, -0.1) is 11.3 Å². The van der Waals surface area contributed by atoms with Gasteiger partial charge >= 0.3 is 0 Å². The number of nitrogens with one attached hydrogen (secondary N) is 1. The van der Waals surface area contributed by atoms with Crippen LogP contribution in [-0.2, 0) is 19.9 Å². The SMILES string of the molecule is CCC1CN(C)[C@H]2CS(=O)(=O)c3sc(S(N)(=O)=O)cc3C2N1. The summed E-state index contributed by atoms with van der Waals surface area (Å²) >= 11 is 0.756. The van der Waals surface area contributed by atoms with Crippen molar-refractivity contribution in [3.05, 3.63) is 11.6 Å². The van der Waals surface area contributed by atoms with Gasteiger partial charge in [0.05, 0.1) is 11.8 Å². The molecule has 1 aromatic heterocycles. The summed E-state index contributed by atoms with van der Waals surface area (Å²) in [5.41, 5.74) is 0.537. The second-order valence-corrected chi connectivity index (χ2v) is 11.0. The van der Waals surface area contributed by atoms with Crippen LogP contribution in [0.25, 0.3) is 0 Å². The maximum atomic E-state index is 12.5. The Morgan fingerprint density at radius 3 is 2.77 bits per heavy atom. The number of nitrogens with two attached hydrogens (primary N) is 1. The summed E-state index contributed by atoms with van der Waals surface area (Å²) in [7, 11) is -5.49. The lowest BCUT2D eigenvalue weighted by atomic mass is 9.96. The van der Waals surface area contributed by atoms with Crippen LogP contribution in [0.3, 0.4) is 0 Å². The number of piperazine rings is 1. The monoisotopic (exact) mass is 365 g/mol. The molecule has 1 aromatic rings. The smallest absolute Gasteiger partial charge is 0.247 e. The van der Waals surface area contributed by atoms with E-state index in [4.69, 9.17) is 5.14 Å². The number of sulfone groups is 1. The first-order valence-corrected chi connectivity index (χ1v) is 11.0. The van der Waals surface area contributed by atoms with Gasteiger partial charge in [0.25, 0.3) is 0 Å². The van der Waals surface area contributed by atoms with Crippen LogP contribution >= 0.6 is 11.3 Å². The Bertz CT molecular complexity index is 800. The fraction of sp³-hybridized carbons (Fsp3) is 0.667. The predicted molar refractivity (Wildman–Crippen MR) is 84.1 cm³/mol. The molecule has 0 aliphatic carbocycles. The Balaban J connectivity index is 2.15. The Labute approximate surface area is 134 Å². The summed E-state index contributed by atoms with van der Waals surface area (Å²) in [6, 6.07) is 1.29. The summed E-state index contributed by atoms with van der Waals surface area (Å²) < 4.78 is 48.2. The quantitative estimate of drug-likeness (QED) is 0.758. The molecule has 3 heterocycles. The lowest BCUT2D eigenvalue weighted by molar-refractivity contribution is 0.124. The molecule has 0 aromatic carbocycles. The van der Waals surface area contributed by atoms with E-state index in [2.05, 4.69) is 12.2 Å². The molecule has 7 nitrogen and oxygen atoms in total. The Hall–Kier alpha value is -0.520. The van der Waals surface area contributed by atoms with Crippen molar-refractivity contribution in [1.29, 1.82) is 0 Å². The molecule has 3 N–H and O–H groups in total. The number of nitrogens with zero attached hydrogens (tertiary/aromatic N) is 1. The molecular formula is C12H19N3O4S3. The van der Waals surface area contributed by atoms with Crippen LogP contribution in [0.1, 0.15) is 24.9 Å². The number of hydrogen-bond donors (Lipinski definition) is 2.